The number of piperazine rings is 1. The van der Waals surface area contributed by atoms with Gasteiger partial charge in [0.2, 0.25) is 16.0 Å². The quantitative estimate of drug-likeness (QED) is 0.231. The van der Waals surface area contributed by atoms with Crippen LogP contribution in [0.15, 0.2) is 53.4 Å². The van der Waals surface area contributed by atoms with E-state index in [-0.39, 0.29) is 5.25 Å². The molecule has 2 aromatic heterocycles. The highest BCUT2D eigenvalue weighted by atomic mass is 79.9. The van der Waals surface area contributed by atoms with Gasteiger partial charge in [0, 0.05) is 82.7 Å². The van der Waals surface area contributed by atoms with Crippen LogP contribution in [0.1, 0.15) is 25.7 Å². The molecule has 0 atom stereocenters. The Balaban J connectivity index is 1.09. The predicted octanol–water partition coefficient (Wildman–Crippen LogP) is 4.82. The summed E-state index contributed by atoms with van der Waals surface area (Å²) >= 11 is 3.56. The first-order valence-corrected chi connectivity index (χ1v) is 18.6. The number of likely N-dealkylation sites (N-methyl/N-ethyl adjacent to an activating group) is 1. The third-order valence-corrected chi connectivity index (χ3v) is 12.4. The molecule has 15 heteroatoms. The number of aromatic nitrogens is 4. The second-order valence-corrected chi connectivity index (χ2v) is 15.8. The first kappa shape index (κ1) is 32.7. The van der Waals surface area contributed by atoms with E-state index in [1.807, 2.05) is 6.07 Å². The zero-order valence-corrected chi connectivity index (χ0v) is 29.8. The van der Waals surface area contributed by atoms with Crippen molar-refractivity contribution in [3.05, 3.63) is 53.4 Å². The van der Waals surface area contributed by atoms with Gasteiger partial charge >= 0.3 is 0 Å². The highest BCUT2D eigenvalue weighted by molar-refractivity contribution is 9.10. The maximum absolute atomic E-state index is 13.3. The SMILES string of the molecule is COc1cc(N2CCC(N3CCN(C)CC3)CC2)ccc1Nc1ncc(Br)c(Nc2ccc3nccnc3c2N(C)S(=O)(=O)C2CC2)n1. The molecule has 0 amide bonds. The van der Waals surface area contributed by atoms with E-state index >= 15 is 0 Å². The molecule has 2 aromatic carbocycles. The van der Waals surface area contributed by atoms with Gasteiger partial charge in [-0.05, 0) is 72.9 Å². The molecule has 2 N–H and O–H groups in total. The molecule has 2 aliphatic heterocycles. The number of ether oxygens (including phenoxy) is 1. The lowest BCUT2D eigenvalue weighted by Crippen LogP contribution is -2.52. The smallest absolute Gasteiger partial charge is 0.237 e. The van der Waals surface area contributed by atoms with Crippen LogP contribution >= 0.6 is 15.9 Å². The summed E-state index contributed by atoms with van der Waals surface area (Å²) < 4.78 is 34.4. The van der Waals surface area contributed by atoms with Crippen LogP contribution in [0.25, 0.3) is 11.0 Å². The van der Waals surface area contributed by atoms with Gasteiger partial charge in [0.25, 0.3) is 0 Å². The van der Waals surface area contributed by atoms with E-state index in [4.69, 9.17) is 9.72 Å². The summed E-state index contributed by atoms with van der Waals surface area (Å²) in [6, 6.07) is 10.4. The summed E-state index contributed by atoms with van der Waals surface area (Å²) in [5, 5.41) is 6.25. The molecule has 4 heterocycles. The van der Waals surface area contributed by atoms with Crippen molar-refractivity contribution < 1.29 is 13.2 Å². The number of sulfonamides is 1. The van der Waals surface area contributed by atoms with Crippen molar-refractivity contribution in [3.8, 4) is 5.75 Å². The van der Waals surface area contributed by atoms with Crippen LogP contribution in [-0.4, -0.2) is 110 Å². The van der Waals surface area contributed by atoms with Crippen molar-refractivity contribution in [1.29, 1.82) is 0 Å². The molecule has 0 bridgehead atoms. The van der Waals surface area contributed by atoms with Crippen LogP contribution in [0.2, 0.25) is 0 Å². The Kier molecular flexibility index (Phi) is 9.28. The second-order valence-electron chi connectivity index (χ2n) is 12.7. The van der Waals surface area contributed by atoms with E-state index in [1.54, 1.807) is 44.9 Å². The van der Waals surface area contributed by atoms with E-state index in [9.17, 15) is 8.42 Å². The molecular weight excluding hydrogens is 696 g/mol. The Morgan fingerprint density at radius 3 is 2.38 bits per heavy atom. The average Bonchev–Trinajstić information content (AvgIpc) is 3.97. The van der Waals surface area contributed by atoms with Gasteiger partial charge in [0.05, 0.1) is 33.7 Å². The van der Waals surface area contributed by atoms with Crippen LogP contribution in [0.4, 0.5) is 34.5 Å². The number of rotatable bonds is 10. The Bertz CT molecular complexity index is 1890. The largest absolute Gasteiger partial charge is 0.494 e. The number of nitrogens with one attached hydrogen (secondary N) is 2. The summed E-state index contributed by atoms with van der Waals surface area (Å²) in [6.07, 6.45) is 8.41. The zero-order valence-electron chi connectivity index (χ0n) is 27.4. The molecule has 1 saturated carbocycles. The van der Waals surface area contributed by atoms with Crippen molar-refractivity contribution in [2.45, 2.75) is 37.0 Å². The minimum Gasteiger partial charge on any atom is -0.494 e. The van der Waals surface area contributed by atoms with Gasteiger partial charge in [-0.25, -0.2) is 13.4 Å². The standard InChI is InChI=1S/C33H41BrN10O3S/c1-41-16-18-44(19-17-41)22-10-14-43(15-11-22)23-4-7-26(29(20-23)47-3)39-33-37-21-25(34)32(40-33)38-28-9-8-27-30(36-13-12-35-27)31(28)42(2)48(45,46)24-5-6-24/h4,7-9,12-13,20-22,24H,5-6,10-11,14-19H2,1-3H3,(H2,37,38,39,40). The molecule has 48 heavy (non-hydrogen) atoms. The molecule has 13 nitrogen and oxygen atoms in total. The summed E-state index contributed by atoms with van der Waals surface area (Å²) in [5.74, 6) is 1.49. The molecule has 4 aromatic rings. The van der Waals surface area contributed by atoms with E-state index in [1.165, 1.54) is 4.31 Å². The number of hydrogen-bond acceptors (Lipinski definition) is 12. The fourth-order valence-electron chi connectivity index (χ4n) is 6.58. The zero-order chi connectivity index (χ0) is 33.4. The van der Waals surface area contributed by atoms with Gasteiger partial charge in [-0.2, -0.15) is 4.98 Å². The van der Waals surface area contributed by atoms with E-state index in [2.05, 4.69) is 75.4 Å². The van der Waals surface area contributed by atoms with E-state index in [0.717, 1.165) is 63.5 Å². The summed E-state index contributed by atoms with van der Waals surface area (Å²) in [4.78, 5) is 25.6. The third-order valence-electron chi connectivity index (χ3n) is 9.57. The molecule has 0 spiro atoms. The highest BCUT2D eigenvalue weighted by Gasteiger charge is 2.40. The Morgan fingerprint density at radius 2 is 1.65 bits per heavy atom. The first-order valence-electron chi connectivity index (χ1n) is 16.3. The van der Waals surface area contributed by atoms with E-state index in [0.29, 0.717) is 63.3 Å². The second kappa shape index (κ2) is 13.6. The van der Waals surface area contributed by atoms with Crippen molar-refractivity contribution in [3.63, 3.8) is 0 Å². The maximum Gasteiger partial charge on any atom is 0.237 e. The van der Waals surface area contributed by atoms with Crippen molar-refractivity contribution >= 4 is 71.5 Å². The Morgan fingerprint density at radius 1 is 0.917 bits per heavy atom. The summed E-state index contributed by atoms with van der Waals surface area (Å²) in [7, 11) is 1.86. The van der Waals surface area contributed by atoms with Crippen LogP contribution < -0.4 is 24.6 Å². The Labute approximate surface area is 289 Å². The molecule has 254 valence electrons. The molecule has 0 unspecified atom stereocenters. The lowest BCUT2D eigenvalue weighted by atomic mass is 10.0. The van der Waals surface area contributed by atoms with Gasteiger partial charge < -0.3 is 25.2 Å². The molecule has 3 fully saturated rings. The van der Waals surface area contributed by atoms with Crippen LogP contribution in [0.5, 0.6) is 5.75 Å². The van der Waals surface area contributed by atoms with Gasteiger partial charge in [0.1, 0.15) is 22.8 Å². The number of halogens is 1. The van der Waals surface area contributed by atoms with Crippen molar-refractivity contribution in [2.75, 3.05) is 80.3 Å². The summed E-state index contributed by atoms with van der Waals surface area (Å²) in [5.41, 5.74) is 3.88. The monoisotopic (exact) mass is 736 g/mol. The van der Waals surface area contributed by atoms with Crippen LogP contribution in [0, 0.1) is 0 Å². The lowest BCUT2D eigenvalue weighted by Gasteiger charge is -2.42. The van der Waals surface area contributed by atoms with Gasteiger partial charge in [-0.1, -0.05) is 0 Å². The molecular formula is C33H41BrN10O3S. The molecule has 7 rings (SSSR count). The fraction of sp³-hybridized carbons (Fsp3) is 0.455. The van der Waals surface area contributed by atoms with E-state index < -0.39 is 10.0 Å². The predicted molar refractivity (Wildman–Crippen MR) is 193 cm³/mol. The Hall–Kier alpha value is -3.79. The topological polar surface area (TPSA) is 132 Å². The van der Waals surface area contributed by atoms with Gasteiger partial charge in [0.15, 0.2) is 0 Å². The minimum absolute atomic E-state index is 0.348. The lowest BCUT2D eigenvalue weighted by molar-refractivity contribution is 0.0982. The van der Waals surface area contributed by atoms with Crippen LogP contribution in [0.3, 0.4) is 0 Å². The number of methoxy groups -OCH3 is 1. The van der Waals surface area contributed by atoms with Gasteiger partial charge in [-0.15, -0.1) is 0 Å². The van der Waals surface area contributed by atoms with Crippen molar-refractivity contribution in [2.24, 2.45) is 0 Å². The number of anilines is 6. The summed E-state index contributed by atoms with van der Waals surface area (Å²) in [6.45, 7) is 6.62. The molecule has 2 saturated heterocycles. The third kappa shape index (κ3) is 6.73. The number of hydrogen-bond donors (Lipinski definition) is 2. The van der Waals surface area contributed by atoms with Gasteiger partial charge in [-0.3, -0.25) is 19.2 Å². The highest BCUT2D eigenvalue weighted by Crippen LogP contribution is 2.41. The van der Waals surface area contributed by atoms with Crippen molar-refractivity contribution in [1.82, 2.24) is 29.7 Å². The number of benzene rings is 2. The maximum atomic E-state index is 13.3. The number of fused-ring (bicyclic) bond motifs is 1. The fourth-order valence-corrected chi connectivity index (χ4v) is 8.49. The molecule has 0 radical (unpaired) electrons. The number of piperidine rings is 1. The van der Waals surface area contributed by atoms with Crippen LogP contribution in [-0.2, 0) is 10.0 Å². The average molecular weight is 738 g/mol. The first-order chi connectivity index (χ1) is 23.2. The normalized spacial score (nSPS) is 18.2. The molecule has 3 aliphatic rings. The minimum atomic E-state index is -3.57. The number of nitrogens with zero attached hydrogens (tertiary/aromatic N) is 8. The molecule has 1 aliphatic carbocycles.